The first-order valence-electron chi connectivity index (χ1n) is 8.74. The Hall–Kier alpha value is -3.35. The minimum atomic E-state index is -0.999. The third-order valence-corrected chi connectivity index (χ3v) is 3.81. The summed E-state index contributed by atoms with van der Waals surface area (Å²) in [6, 6.07) is 8.80. The Kier molecular flexibility index (Phi) is 6.08. The molecule has 148 valence electrons. The quantitative estimate of drug-likeness (QED) is 0.203. The summed E-state index contributed by atoms with van der Waals surface area (Å²) in [6.07, 6.45) is 0.304. The Morgan fingerprint density at radius 2 is 1.64 bits per heavy atom. The van der Waals surface area contributed by atoms with E-state index < -0.39 is 23.3 Å². The smallest absolute Gasteiger partial charge is 0.380 e. The summed E-state index contributed by atoms with van der Waals surface area (Å²) in [6.45, 7) is 6.72. The van der Waals surface area contributed by atoms with Crippen LogP contribution in [0.2, 0.25) is 0 Å². The summed E-state index contributed by atoms with van der Waals surface area (Å²) >= 11 is 0. The summed E-state index contributed by atoms with van der Waals surface area (Å²) in [5.74, 6) is -3.07. The molecular weight excluding hydrogens is 362 g/mol. The molecule has 2 rings (SSSR count). The molecule has 0 amide bonds. The van der Waals surface area contributed by atoms with Crippen LogP contribution in [0.1, 0.15) is 54.0 Å². The van der Waals surface area contributed by atoms with Crippen molar-refractivity contribution in [3.63, 3.8) is 0 Å². The van der Waals surface area contributed by atoms with E-state index in [4.69, 9.17) is 15.2 Å². The van der Waals surface area contributed by atoms with E-state index >= 15 is 0 Å². The summed E-state index contributed by atoms with van der Waals surface area (Å²) in [4.78, 5) is 37.3. The molecule has 3 N–H and O–H groups in total. The van der Waals surface area contributed by atoms with E-state index in [0.717, 1.165) is 0 Å². The molecule has 0 radical (unpaired) electrons. The summed E-state index contributed by atoms with van der Waals surface area (Å²) in [5, 5.41) is 9.93. The lowest BCUT2D eigenvalue weighted by Gasteiger charge is -2.19. The number of hydrogen-bond donors (Lipinski definition) is 2. The third kappa shape index (κ3) is 4.68. The molecule has 0 heterocycles. The Bertz CT molecular complexity index is 927. The Balaban J connectivity index is 2.37. The minimum absolute atomic E-state index is 0.0647. The van der Waals surface area contributed by atoms with Crippen LogP contribution < -0.4 is 10.5 Å². The Morgan fingerprint density at radius 3 is 2.25 bits per heavy atom. The molecule has 0 aliphatic carbocycles. The fourth-order valence-corrected chi connectivity index (χ4v) is 2.58. The van der Waals surface area contributed by atoms with E-state index in [1.54, 1.807) is 27.7 Å². The van der Waals surface area contributed by atoms with E-state index in [1.165, 1.54) is 36.4 Å². The Labute approximate surface area is 163 Å². The number of para-hydroxylation sites is 1. The molecule has 0 spiro atoms. The van der Waals surface area contributed by atoms with Gasteiger partial charge in [0.05, 0.1) is 11.3 Å². The van der Waals surface area contributed by atoms with Crippen LogP contribution in [0, 0.1) is 0 Å². The van der Waals surface area contributed by atoms with Gasteiger partial charge in [-0.1, -0.05) is 25.1 Å². The van der Waals surface area contributed by atoms with Gasteiger partial charge in [0.2, 0.25) is 0 Å². The molecule has 0 aliphatic rings. The van der Waals surface area contributed by atoms with E-state index in [1.807, 2.05) is 0 Å². The zero-order valence-electron chi connectivity index (χ0n) is 16.2. The summed E-state index contributed by atoms with van der Waals surface area (Å²) < 4.78 is 10.4. The van der Waals surface area contributed by atoms with Crippen molar-refractivity contribution >= 4 is 23.4 Å². The first-order valence-corrected chi connectivity index (χ1v) is 8.74. The number of hydrogen-bond acceptors (Lipinski definition) is 7. The van der Waals surface area contributed by atoms with Crippen molar-refractivity contribution in [1.82, 2.24) is 0 Å². The molecule has 0 bridgehead atoms. The van der Waals surface area contributed by atoms with Gasteiger partial charge < -0.3 is 20.3 Å². The number of ketones is 1. The number of nitrogens with two attached hydrogens (primary N) is 1. The zero-order valence-corrected chi connectivity index (χ0v) is 16.2. The number of phenolic OH excluding ortho intramolecular Hbond substituents is 1. The van der Waals surface area contributed by atoms with Gasteiger partial charge in [0, 0.05) is 5.56 Å². The molecule has 28 heavy (non-hydrogen) atoms. The van der Waals surface area contributed by atoms with Crippen LogP contribution in [-0.2, 0) is 16.0 Å². The molecule has 0 saturated heterocycles. The van der Waals surface area contributed by atoms with Crippen molar-refractivity contribution in [3.05, 3.63) is 53.1 Å². The molecule has 0 fully saturated rings. The first-order chi connectivity index (χ1) is 13.0. The number of nitrogen functional groups attached to an aromatic ring is 1. The molecule has 2 aromatic carbocycles. The van der Waals surface area contributed by atoms with Crippen LogP contribution in [0.15, 0.2) is 36.4 Å². The van der Waals surface area contributed by atoms with E-state index in [9.17, 15) is 19.5 Å². The predicted octanol–water partition coefficient (Wildman–Crippen LogP) is 3.28. The fourth-order valence-electron chi connectivity index (χ4n) is 2.58. The number of Topliss-reactive ketones (excluding diaryl/α,β-unsaturated/α-hetero) is 1. The highest BCUT2D eigenvalue weighted by molar-refractivity contribution is 6.41. The number of aromatic hydroxyl groups is 1. The van der Waals surface area contributed by atoms with Gasteiger partial charge in [-0.25, -0.2) is 9.59 Å². The monoisotopic (exact) mass is 385 g/mol. The van der Waals surface area contributed by atoms with Crippen molar-refractivity contribution in [2.75, 3.05) is 5.73 Å². The highest BCUT2D eigenvalue weighted by atomic mass is 16.6. The number of carbonyl (C=O) groups is 3. The second-order valence-corrected chi connectivity index (χ2v) is 7.10. The van der Waals surface area contributed by atoms with Crippen molar-refractivity contribution in [2.24, 2.45) is 0 Å². The molecule has 0 saturated carbocycles. The number of carbonyl (C=O) groups excluding carboxylic acids is 3. The second kappa shape index (κ2) is 8.12. The predicted molar refractivity (Wildman–Crippen MR) is 103 cm³/mol. The van der Waals surface area contributed by atoms with E-state index in [0.29, 0.717) is 12.0 Å². The van der Waals surface area contributed by atoms with Crippen LogP contribution in [0.5, 0.6) is 11.5 Å². The van der Waals surface area contributed by atoms with Crippen LogP contribution in [0.3, 0.4) is 0 Å². The molecule has 7 nitrogen and oxygen atoms in total. The molecule has 0 unspecified atom stereocenters. The van der Waals surface area contributed by atoms with Gasteiger partial charge >= 0.3 is 11.9 Å². The topological polar surface area (TPSA) is 116 Å². The highest BCUT2D eigenvalue weighted by Gasteiger charge is 2.28. The van der Waals surface area contributed by atoms with Crippen molar-refractivity contribution in [3.8, 4) is 11.5 Å². The number of esters is 2. The highest BCUT2D eigenvalue weighted by Crippen LogP contribution is 2.32. The SMILES string of the molecule is CCc1c(C(=O)Oc2cccc(N)c2O)cccc1C(=O)C(=O)OC(C)(C)C. The van der Waals surface area contributed by atoms with E-state index in [2.05, 4.69) is 0 Å². The van der Waals surface area contributed by atoms with Crippen molar-refractivity contribution in [2.45, 2.75) is 39.7 Å². The Morgan fingerprint density at radius 1 is 1.04 bits per heavy atom. The lowest BCUT2D eigenvalue weighted by atomic mass is 9.96. The van der Waals surface area contributed by atoms with Gasteiger partial charge in [0.25, 0.3) is 5.78 Å². The summed E-state index contributed by atoms with van der Waals surface area (Å²) in [7, 11) is 0. The van der Waals surface area contributed by atoms with Gasteiger partial charge in [0.15, 0.2) is 11.5 Å². The number of anilines is 1. The molecule has 0 atom stereocenters. The number of rotatable bonds is 5. The van der Waals surface area contributed by atoms with Crippen molar-refractivity contribution in [1.29, 1.82) is 0 Å². The van der Waals surface area contributed by atoms with Gasteiger partial charge in [-0.3, -0.25) is 4.79 Å². The van der Waals surface area contributed by atoms with Gasteiger partial charge in [-0.05, 0) is 51.0 Å². The standard InChI is InChI=1S/C21H23NO6/c1-5-12-13(17(23)20(26)28-21(2,3)4)8-6-9-14(12)19(25)27-16-11-7-10-15(22)18(16)24/h6-11,24H,5,22H2,1-4H3. The average molecular weight is 385 g/mol. The first kappa shape index (κ1) is 21.0. The third-order valence-electron chi connectivity index (χ3n) is 3.81. The average Bonchev–Trinajstić information content (AvgIpc) is 2.62. The number of ether oxygens (including phenoxy) is 2. The maximum Gasteiger partial charge on any atom is 0.380 e. The lowest BCUT2D eigenvalue weighted by molar-refractivity contribution is -0.148. The van der Waals surface area contributed by atoms with E-state index in [-0.39, 0.29) is 28.3 Å². The fraction of sp³-hybridized carbons (Fsp3) is 0.286. The number of phenols is 1. The maximum absolute atomic E-state index is 12.6. The zero-order chi connectivity index (χ0) is 21.1. The second-order valence-electron chi connectivity index (χ2n) is 7.10. The van der Waals surface area contributed by atoms with Gasteiger partial charge in [-0.2, -0.15) is 0 Å². The normalized spacial score (nSPS) is 11.0. The maximum atomic E-state index is 12.6. The molecule has 0 aromatic heterocycles. The number of benzene rings is 2. The molecule has 7 heteroatoms. The molecule has 0 aliphatic heterocycles. The van der Waals surface area contributed by atoms with Gasteiger partial charge in [-0.15, -0.1) is 0 Å². The lowest BCUT2D eigenvalue weighted by Crippen LogP contribution is -2.29. The molecular formula is C21H23NO6. The largest absolute Gasteiger partial charge is 0.503 e. The molecule has 2 aromatic rings. The van der Waals surface area contributed by atoms with Crippen LogP contribution in [-0.4, -0.2) is 28.4 Å². The van der Waals surface area contributed by atoms with Crippen LogP contribution in [0.25, 0.3) is 0 Å². The van der Waals surface area contributed by atoms with Crippen LogP contribution >= 0.6 is 0 Å². The van der Waals surface area contributed by atoms with Gasteiger partial charge in [0.1, 0.15) is 5.60 Å². The van der Waals surface area contributed by atoms with Crippen LogP contribution in [0.4, 0.5) is 5.69 Å². The summed E-state index contributed by atoms with van der Waals surface area (Å²) in [5.41, 5.74) is 5.38. The minimum Gasteiger partial charge on any atom is -0.503 e. The van der Waals surface area contributed by atoms with Crippen molar-refractivity contribution < 1.29 is 29.0 Å².